The first-order valence-corrected chi connectivity index (χ1v) is 7.18. The topological polar surface area (TPSA) is 50.4 Å². The average Bonchev–Trinajstić information content (AvgIpc) is 2.80. The molecule has 1 heterocycles. The molecule has 18 heavy (non-hydrogen) atoms. The van der Waals surface area contributed by atoms with E-state index in [9.17, 15) is 4.79 Å². The second-order valence-electron chi connectivity index (χ2n) is 6.12. The lowest BCUT2D eigenvalue weighted by atomic mass is 9.64. The summed E-state index contributed by atoms with van der Waals surface area (Å²) in [6, 6.07) is 0.652. The van der Waals surface area contributed by atoms with E-state index in [0.29, 0.717) is 12.5 Å². The molecule has 1 aliphatic heterocycles. The van der Waals surface area contributed by atoms with Crippen LogP contribution >= 0.6 is 0 Å². The molecule has 1 amide bonds. The van der Waals surface area contributed by atoms with Crippen molar-refractivity contribution < 1.29 is 9.53 Å². The van der Waals surface area contributed by atoms with Gasteiger partial charge in [0.05, 0.1) is 6.10 Å². The normalized spacial score (nSPS) is 34.1. The summed E-state index contributed by atoms with van der Waals surface area (Å²) < 4.78 is 5.67. The minimum absolute atomic E-state index is 0.0643. The number of nitrogens with one attached hydrogen (secondary N) is 2. The Morgan fingerprint density at radius 2 is 2.28 bits per heavy atom. The Bertz CT molecular complexity index is 298. The molecule has 2 fully saturated rings. The number of hydrogen-bond acceptors (Lipinski definition) is 3. The van der Waals surface area contributed by atoms with Crippen LogP contribution in [0.5, 0.6) is 0 Å². The summed E-state index contributed by atoms with van der Waals surface area (Å²) in [5, 5.41) is 6.52. The molecule has 1 saturated heterocycles. The van der Waals surface area contributed by atoms with E-state index in [1.165, 1.54) is 6.42 Å². The molecule has 0 aromatic rings. The van der Waals surface area contributed by atoms with Crippen molar-refractivity contribution in [3.8, 4) is 0 Å². The predicted molar refractivity (Wildman–Crippen MR) is 71.4 cm³/mol. The van der Waals surface area contributed by atoms with Crippen LogP contribution in [0.25, 0.3) is 0 Å². The van der Waals surface area contributed by atoms with Crippen molar-refractivity contribution >= 4 is 5.91 Å². The number of carbonyl (C=O) groups excluding carboxylic acids is 1. The van der Waals surface area contributed by atoms with Crippen LogP contribution in [0.4, 0.5) is 0 Å². The van der Waals surface area contributed by atoms with E-state index in [4.69, 9.17) is 4.74 Å². The van der Waals surface area contributed by atoms with Crippen molar-refractivity contribution in [3.05, 3.63) is 0 Å². The van der Waals surface area contributed by atoms with Gasteiger partial charge in [0.25, 0.3) is 0 Å². The summed E-state index contributed by atoms with van der Waals surface area (Å²) in [6.45, 7) is 8.18. The van der Waals surface area contributed by atoms with Gasteiger partial charge in [-0.1, -0.05) is 13.8 Å². The average molecular weight is 254 g/mol. The zero-order chi connectivity index (χ0) is 13.2. The fourth-order valence-electron chi connectivity index (χ4n) is 3.02. The van der Waals surface area contributed by atoms with E-state index in [-0.39, 0.29) is 23.5 Å². The van der Waals surface area contributed by atoms with Crippen LogP contribution in [0.1, 0.15) is 46.5 Å². The third-order valence-electron chi connectivity index (χ3n) is 4.47. The molecule has 0 radical (unpaired) electrons. The van der Waals surface area contributed by atoms with Crippen LogP contribution in [-0.2, 0) is 9.53 Å². The van der Waals surface area contributed by atoms with Gasteiger partial charge in [0.15, 0.2) is 0 Å². The second-order valence-corrected chi connectivity index (χ2v) is 6.12. The van der Waals surface area contributed by atoms with Gasteiger partial charge < -0.3 is 15.4 Å². The Morgan fingerprint density at radius 1 is 1.50 bits per heavy atom. The fraction of sp³-hybridized carbons (Fsp3) is 0.929. The first-order valence-electron chi connectivity index (χ1n) is 7.18. The Kier molecular flexibility index (Phi) is 4.28. The van der Waals surface area contributed by atoms with E-state index >= 15 is 0 Å². The summed E-state index contributed by atoms with van der Waals surface area (Å²) >= 11 is 0. The minimum Gasteiger partial charge on any atom is -0.378 e. The van der Waals surface area contributed by atoms with Crippen LogP contribution in [0, 0.1) is 5.41 Å². The lowest BCUT2D eigenvalue weighted by Crippen LogP contribution is -2.62. The third kappa shape index (κ3) is 2.86. The molecule has 2 rings (SSSR count). The molecule has 1 saturated carbocycles. The van der Waals surface area contributed by atoms with E-state index in [0.717, 1.165) is 26.0 Å². The smallest absolute Gasteiger partial charge is 0.221 e. The van der Waals surface area contributed by atoms with Crippen molar-refractivity contribution in [2.45, 2.75) is 64.6 Å². The minimum atomic E-state index is 0.0643. The largest absolute Gasteiger partial charge is 0.378 e. The van der Waals surface area contributed by atoms with Crippen molar-refractivity contribution in [2.75, 3.05) is 13.2 Å². The molecule has 104 valence electrons. The Hall–Kier alpha value is -0.610. The van der Waals surface area contributed by atoms with E-state index in [1.54, 1.807) is 0 Å². The summed E-state index contributed by atoms with van der Waals surface area (Å²) in [5.74, 6) is 0.183. The SMILES string of the molecule is CCOC1CC(NC(=O)CC2CCCN2)C1(C)C. The third-order valence-corrected chi connectivity index (χ3v) is 4.47. The molecule has 0 aromatic carbocycles. The van der Waals surface area contributed by atoms with E-state index in [2.05, 4.69) is 24.5 Å². The van der Waals surface area contributed by atoms with Gasteiger partial charge in [-0.2, -0.15) is 0 Å². The number of ether oxygens (including phenoxy) is 1. The van der Waals surface area contributed by atoms with Gasteiger partial charge in [0.1, 0.15) is 0 Å². The zero-order valence-electron chi connectivity index (χ0n) is 11.8. The molecule has 2 aliphatic rings. The van der Waals surface area contributed by atoms with E-state index in [1.807, 2.05) is 6.92 Å². The van der Waals surface area contributed by atoms with Crippen LogP contribution in [0.2, 0.25) is 0 Å². The van der Waals surface area contributed by atoms with Crippen LogP contribution in [0.15, 0.2) is 0 Å². The van der Waals surface area contributed by atoms with Crippen LogP contribution in [0.3, 0.4) is 0 Å². The predicted octanol–water partition coefficient (Wildman–Crippen LogP) is 1.45. The van der Waals surface area contributed by atoms with Gasteiger partial charge in [-0.3, -0.25) is 4.79 Å². The van der Waals surface area contributed by atoms with Gasteiger partial charge in [-0.25, -0.2) is 0 Å². The Morgan fingerprint density at radius 3 is 2.83 bits per heavy atom. The molecule has 2 N–H and O–H groups in total. The van der Waals surface area contributed by atoms with Gasteiger partial charge in [-0.15, -0.1) is 0 Å². The Balaban J connectivity index is 1.75. The lowest BCUT2D eigenvalue weighted by molar-refractivity contribution is -0.137. The maximum Gasteiger partial charge on any atom is 0.221 e. The molecule has 0 aromatic heterocycles. The Labute approximate surface area is 110 Å². The van der Waals surface area contributed by atoms with Crippen LogP contribution in [-0.4, -0.2) is 37.2 Å². The quantitative estimate of drug-likeness (QED) is 0.780. The molecular formula is C14H26N2O2. The van der Waals surface area contributed by atoms with Gasteiger partial charge in [0, 0.05) is 30.5 Å². The molecule has 4 nitrogen and oxygen atoms in total. The zero-order valence-corrected chi connectivity index (χ0v) is 11.8. The highest BCUT2D eigenvalue weighted by Gasteiger charge is 2.49. The van der Waals surface area contributed by atoms with Gasteiger partial charge >= 0.3 is 0 Å². The molecule has 1 aliphatic carbocycles. The maximum atomic E-state index is 12.0. The maximum absolute atomic E-state index is 12.0. The summed E-state index contributed by atoms with van der Waals surface area (Å²) in [6.07, 6.45) is 4.18. The number of hydrogen-bond donors (Lipinski definition) is 2. The standard InChI is InChI=1S/C14H26N2O2/c1-4-18-12-9-11(14(12,2)3)16-13(17)8-10-6-5-7-15-10/h10-12,15H,4-9H2,1-3H3,(H,16,17). The molecule has 0 bridgehead atoms. The summed E-state index contributed by atoms with van der Waals surface area (Å²) in [5.41, 5.74) is 0.0643. The molecule has 0 spiro atoms. The molecule has 3 atom stereocenters. The van der Waals surface area contributed by atoms with Crippen molar-refractivity contribution in [2.24, 2.45) is 5.41 Å². The van der Waals surface area contributed by atoms with Crippen molar-refractivity contribution in [1.29, 1.82) is 0 Å². The second kappa shape index (κ2) is 5.57. The highest BCUT2D eigenvalue weighted by Crippen LogP contribution is 2.42. The summed E-state index contributed by atoms with van der Waals surface area (Å²) in [7, 11) is 0. The molecule has 3 unspecified atom stereocenters. The molecule has 4 heteroatoms. The number of amides is 1. The van der Waals surface area contributed by atoms with Crippen molar-refractivity contribution in [3.63, 3.8) is 0 Å². The highest BCUT2D eigenvalue weighted by atomic mass is 16.5. The van der Waals surface area contributed by atoms with Gasteiger partial charge in [-0.05, 0) is 32.7 Å². The first kappa shape index (κ1) is 13.8. The highest BCUT2D eigenvalue weighted by molar-refractivity contribution is 5.77. The van der Waals surface area contributed by atoms with Gasteiger partial charge in [0.2, 0.25) is 5.91 Å². The lowest BCUT2D eigenvalue weighted by Gasteiger charge is -2.51. The summed E-state index contributed by atoms with van der Waals surface area (Å²) in [4.78, 5) is 12.0. The molecular weight excluding hydrogens is 228 g/mol. The van der Waals surface area contributed by atoms with Crippen molar-refractivity contribution in [1.82, 2.24) is 10.6 Å². The van der Waals surface area contributed by atoms with E-state index < -0.39 is 0 Å². The first-order chi connectivity index (χ1) is 8.54. The van der Waals surface area contributed by atoms with Crippen LogP contribution < -0.4 is 10.6 Å². The monoisotopic (exact) mass is 254 g/mol. The fourth-order valence-corrected chi connectivity index (χ4v) is 3.02. The number of carbonyl (C=O) groups is 1. The number of rotatable bonds is 5.